The van der Waals surface area contributed by atoms with Gasteiger partial charge in [-0.3, -0.25) is 0 Å². The Balaban J connectivity index is 0.000000146. The molecule has 0 saturated carbocycles. The molecule has 0 unspecified atom stereocenters. The molecule has 0 spiro atoms. The van der Waals surface area contributed by atoms with Gasteiger partial charge in [0, 0.05) is 23.3 Å². The van der Waals surface area contributed by atoms with Crippen molar-refractivity contribution in [2.45, 2.75) is 0 Å². The molecule has 17 aromatic rings. The molecule has 2 heterocycles. The number of nitrogens with zero attached hydrogens (tertiary/aromatic N) is 2. The Labute approximate surface area is 500 Å². The third-order valence-corrected chi connectivity index (χ3v) is 17.3. The Hall–Kier alpha value is -11.3. The summed E-state index contributed by atoms with van der Waals surface area (Å²) in [6.45, 7) is 0. The fourth-order valence-electron chi connectivity index (χ4n) is 13.1. The summed E-state index contributed by atoms with van der Waals surface area (Å²) < 4.78 is 0. The summed E-state index contributed by atoms with van der Waals surface area (Å²) in [6, 6.07) is 118. The molecule has 402 valence electrons. The maximum atomic E-state index is 5.42. The Morgan fingerprint density at radius 2 is 0.500 bits per heavy atom. The molecule has 0 amide bonds. The summed E-state index contributed by atoms with van der Waals surface area (Å²) in [4.78, 5) is 10.8. The third-order valence-electron chi connectivity index (χ3n) is 17.3. The maximum absolute atomic E-state index is 5.42. The minimum Gasteiger partial charge on any atom is -0.245 e. The van der Waals surface area contributed by atoms with Gasteiger partial charge in [0.1, 0.15) is 0 Å². The van der Waals surface area contributed by atoms with Crippen LogP contribution in [-0.2, 0) is 0 Å². The van der Waals surface area contributed by atoms with Crippen LogP contribution in [-0.4, -0.2) is 9.97 Å². The highest BCUT2D eigenvalue weighted by Gasteiger charge is 2.20. The van der Waals surface area contributed by atoms with E-state index < -0.39 is 0 Å². The fourth-order valence-corrected chi connectivity index (χ4v) is 13.1. The topological polar surface area (TPSA) is 25.8 Å². The van der Waals surface area contributed by atoms with Crippen molar-refractivity contribution in [3.8, 4) is 78.1 Å². The van der Waals surface area contributed by atoms with Gasteiger partial charge in [-0.25, -0.2) is 9.97 Å². The molecule has 0 bridgehead atoms. The van der Waals surface area contributed by atoms with Crippen LogP contribution < -0.4 is 0 Å². The van der Waals surface area contributed by atoms with E-state index in [1.165, 1.54) is 98.0 Å². The molecular weight excluding hydrogens is 1040 g/mol. The average molecular weight is 1090 g/mol. The van der Waals surface area contributed by atoms with Crippen LogP contribution in [0.2, 0.25) is 0 Å². The van der Waals surface area contributed by atoms with Crippen LogP contribution in [0.1, 0.15) is 1.43 Å². The lowest BCUT2D eigenvalue weighted by molar-refractivity contribution is 1.37. The second-order valence-corrected chi connectivity index (χ2v) is 22.3. The number of benzene rings is 15. The van der Waals surface area contributed by atoms with Gasteiger partial charge in [-0.15, -0.1) is 0 Å². The van der Waals surface area contributed by atoms with E-state index in [9.17, 15) is 0 Å². The Morgan fingerprint density at radius 3 is 0.965 bits per heavy atom. The van der Waals surface area contributed by atoms with Crippen LogP contribution >= 0.6 is 0 Å². The first-order chi connectivity index (χ1) is 42.6. The summed E-state index contributed by atoms with van der Waals surface area (Å²) in [6.07, 6.45) is 0. The third kappa shape index (κ3) is 9.09. The smallest absolute Gasteiger partial charge is 0.0978 e. The predicted molar refractivity (Wildman–Crippen MR) is 369 cm³/mol. The molecule has 2 aromatic heterocycles. The standard InChI is InChI=1S/C44H28N2.C40H26.H2/c1-3-13-31(14-4-1)39-27-41(35-21-19-29-11-7-9-17-33(29)25-35)45-43-37(39)23-24-38-40(32-15-5-2-6-16-32)28-42(46-44(38)43)36-22-20-30-12-8-10-18-34(30)26-36;1-2-12-31-26-32(25-20-27(31)10-1)40-37-17-7-5-15-35(37)39(36-16-6-8-18-38(36)40)30-23-21-29(22-24-30)34-19-9-13-28-11-3-4-14-33(28)34;/h1-28H;1-26H;1H. The molecule has 17 rings (SSSR count). The van der Waals surface area contributed by atoms with Crippen LogP contribution in [0.5, 0.6) is 0 Å². The van der Waals surface area contributed by atoms with Crippen molar-refractivity contribution in [2.24, 2.45) is 0 Å². The molecule has 2 nitrogen and oxygen atoms in total. The molecule has 0 aliphatic heterocycles. The summed E-state index contributed by atoms with van der Waals surface area (Å²) >= 11 is 0. The number of fused-ring (bicyclic) bond motifs is 9. The highest BCUT2D eigenvalue weighted by molar-refractivity contribution is 6.22. The highest BCUT2D eigenvalue weighted by Crippen LogP contribution is 2.45. The Morgan fingerprint density at radius 1 is 0.174 bits per heavy atom. The molecule has 86 heavy (non-hydrogen) atoms. The number of hydrogen-bond acceptors (Lipinski definition) is 2. The summed E-state index contributed by atoms with van der Waals surface area (Å²) in [7, 11) is 0. The van der Waals surface area contributed by atoms with Gasteiger partial charge in [0.05, 0.1) is 22.4 Å². The van der Waals surface area contributed by atoms with E-state index in [-0.39, 0.29) is 1.43 Å². The first-order valence-corrected chi connectivity index (χ1v) is 29.5. The summed E-state index contributed by atoms with van der Waals surface area (Å²) in [5.41, 5.74) is 18.1. The van der Waals surface area contributed by atoms with Gasteiger partial charge in [-0.2, -0.15) is 0 Å². The first kappa shape index (κ1) is 50.4. The molecule has 0 saturated heterocycles. The van der Waals surface area contributed by atoms with Gasteiger partial charge in [0.25, 0.3) is 0 Å². The monoisotopic (exact) mass is 1090 g/mol. The predicted octanol–water partition coefficient (Wildman–Crippen LogP) is 23.3. The molecule has 0 aliphatic rings. The van der Waals surface area contributed by atoms with Crippen LogP contribution in [0, 0.1) is 0 Å². The minimum absolute atomic E-state index is 0. The van der Waals surface area contributed by atoms with Crippen molar-refractivity contribution in [2.75, 3.05) is 0 Å². The maximum Gasteiger partial charge on any atom is 0.0978 e. The van der Waals surface area contributed by atoms with Crippen LogP contribution in [0.15, 0.2) is 328 Å². The number of hydrogen-bond donors (Lipinski definition) is 0. The number of pyridine rings is 2. The van der Waals surface area contributed by atoms with Crippen molar-refractivity contribution in [1.29, 1.82) is 0 Å². The summed E-state index contributed by atoms with van der Waals surface area (Å²) in [5, 5.41) is 17.2. The number of rotatable bonds is 7. The quantitative estimate of drug-likeness (QED) is 0.117. The van der Waals surface area contributed by atoms with Crippen LogP contribution in [0.3, 0.4) is 0 Å². The molecule has 0 radical (unpaired) electrons. The van der Waals surface area contributed by atoms with Gasteiger partial charge in [-0.1, -0.05) is 297 Å². The molecule has 0 aliphatic carbocycles. The van der Waals surface area contributed by atoms with E-state index in [0.29, 0.717) is 0 Å². The van der Waals surface area contributed by atoms with Gasteiger partial charge in [0.2, 0.25) is 0 Å². The zero-order valence-electron chi connectivity index (χ0n) is 47.1. The molecular formula is C84H56N2. The highest BCUT2D eigenvalue weighted by atomic mass is 14.8. The molecule has 2 heteroatoms. The summed E-state index contributed by atoms with van der Waals surface area (Å²) in [5.74, 6) is 0. The lowest BCUT2D eigenvalue weighted by atomic mass is 9.85. The Kier molecular flexibility index (Phi) is 12.6. The van der Waals surface area contributed by atoms with Crippen molar-refractivity contribution >= 4 is 86.4 Å². The largest absolute Gasteiger partial charge is 0.245 e. The SMILES string of the molecule is [HH].c1ccc(-c2cc(-c3ccc4ccccc4c3)nc3c2ccc2c(-c4ccccc4)cc(-c4ccc5ccccc5c4)nc23)cc1.c1ccc2cc(-c3c4ccccc4c(-c4ccc(-c5cccc6ccccc56)cc4)c4ccccc34)ccc2c1. The zero-order valence-corrected chi connectivity index (χ0v) is 47.1. The van der Waals surface area contributed by atoms with Gasteiger partial charge in [0.15, 0.2) is 0 Å². The van der Waals surface area contributed by atoms with E-state index in [4.69, 9.17) is 9.97 Å². The van der Waals surface area contributed by atoms with Crippen LogP contribution in [0.4, 0.5) is 0 Å². The molecule has 0 atom stereocenters. The van der Waals surface area contributed by atoms with E-state index in [1.54, 1.807) is 0 Å². The van der Waals surface area contributed by atoms with E-state index >= 15 is 0 Å². The minimum atomic E-state index is 0. The lowest BCUT2D eigenvalue weighted by Crippen LogP contribution is -1.95. The molecule has 15 aromatic carbocycles. The van der Waals surface area contributed by atoms with Gasteiger partial charge >= 0.3 is 0 Å². The van der Waals surface area contributed by atoms with Crippen molar-refractivity contribution in [3.05, 3.63) is 328 Å². The first-order valence-electron chi connectivity index (χ1n) is 29.5. The average Bonchev–Trinajstić information content (AvgIpc) is 1.02. The second kappa shape index (κ2) is 21.5. The number of aromatic nitrogens is 2. The Bertz CT molecular complexity index is 5220. The van der Waals surface area contributed by atoms with E-state index in [2.05, 4.69) is 328 Å². The van der Waals surface area contributed by atoms with Crippen molar-refractivity contribution in [1.82, 2.24) is 9.97 Å². The normalized spacial score (nSPS) is 11.5. The van der Waals surface area contributed by atoms with Gasteiger partial charge < -0.3 is 0 Å². The van der Waals surface area contributed by atoms with E-state index in [1.807, 2.05) is 0 Å². The fraction of sp³-hybridized carbons (Fsp3) is 0. The van der Waals surface area contributed by atoms with Crippen LogP contribution in [0.25, 0.3) is 165 Å². The molecule has 0 N–H and O–H groups in total. The van der Waals surface area contributed by atoms with Crippen molar-refractivity contribution in [3.63, 3.8) is 0 Å². The van der Waals surface area contributed by atoms with Crippen molar-refractivity contribution < 1.29 is 1.43 Å². The zero-order chi connectivity index (χ0) is 56.9. The second-order valence-electron chi connectivity index (χ2n) is 22.3. The van der Waals surface area contributed by atoms with Gasteiger partial charge in [-0.05, 0) is 151 Å². The van der Waals surface area contributed by atoms with E-state index in [0.717, 1.165) is 66.6 Å². The molecule has 0 fully saturated rings. The lowest BCUT2D eigenvalue weighted by Gasteiger charge is -2.18.